The molecule has 0 aliphatic carbocycles. The summed E-state index contributed by atoms with van der Waals surface area (Å²) in [5.74, 6) is -1.51. The molecule has 2 amide bonds. The molecule has 0 bridgehead atoms. The van der Waals surface area contributed by atoms with Crippen molar-refractivity contribution < 1.29 is 37.8 Å². The largest absolute Gasteiger partial charge is 0.480 e. The van der Waals surface area contributed by atoms with Gasteiger partial charge >= 0.3 is 12.1 Å². The van der Waals surface area contributed by atoms with Crippen LogP contribution in [0.15, 0.2) is 35.4 Å². The van der Waals surface area contributed by atoms with Crippen LogP contribution in [0.25, 0.3) is 0 Å². The van der Waals surface area contributed by atoms with Gasteiger partial charge in [0.25, 0.3) is 0 Å². The quantitative estimate of drug-likeness (QED) is 0.247. The molecular weight excluding hydrogens is 542 g/mol. The Morgan fingerprint density at radius 3 is 2.38 bits per heavy atom. The number of hydrogen-bond acceptors (Lipinski definition) is 8. The lowest BCUT2D eigenvalue weighted by Crippen LogP contribution is -2.49. The van der Waals surface area contributed by atoms with Gasteiger partial charge < -0.3 is 30.5 Å². The second-order valence-electron chi connectivity index (χ2n) is 9.90. The van der Waals surface area contributed by atoms with Gasteiger partial charge in [-0.3, -0.25) is 9.59 Å². The summed E-state index contributed by atoms with van der Waals surface area (Å²) in [6.45, 7) is 6.39. The Labute approximate surface area is 233 Å². The summed E-state index contributed by atoms with van der Waals surface area (Å²) < 4.78 is 33.7. The van der Waals surface area contributed by atoms with E-state index < -0.39 is 59.3 Å². The lowest BCUT2D eigenvalue weighted by atomic mass is 10.1. The molecule has 2 aromatic rings. The molecule has 3 rings (SSSR count). The van der Waals surface area contributed by atoms with Crippen molar-refractivity contribution in [3.8, 4) is 0 Å². The molecule has 1 aliphatic rings. The van der Waals surface area contributed by atoms with Crippen molar-refractivity contribution in [2.24, 2.45) is 0 Å². The van der Waals surface area contributed by atoms with Gasteiger partial charge in [-0.25, -0.2) is 18.2 Å². The molecule has 40 heavy (non-hydrogen) atoms. The van der Waals surface area contributed by atoms with Crippen LogP contribution in [0.5, 0.6) is 0 Å². The Morgan fingerprint density at radius 2 is 1.77 bits per heavy atom. The van der Waals surface area contributed by atoms with Gasteiger partial charge in [-0.1, -0.05) is 17.7 Å². The van der Waals surface area contributed by atoms with E-state index in [1.807, 2.05) is 26.0 Å². The monoisotopic (exact) mass is 577 g/mol. The van der Waals surface area contributed by atoms with Gasteiger partial charge in [-0.05, 0) is 62.9 Å². The third-order valence-electron chi connectivity index (χ3n) is 6.48. The van der Waals surface area contributed by atoms with Crippen LogP contribution in [0, 0.1) is 27.7 Å². The molecule has 1 aromatic heterocycles. The standard InChI is InChI=1S/C26H35N5O8S/c1-15-5-6-27-22(9-15)28-11-19-10-20(13-31(19)26(35)36)39-14-23(32)29-12-21(25(33)34)30-40(37,38)24-17(3)7-16(2)8-18(24)4/h5-9,19-21,30H,10-14H2,1-4H3,(H,27,28)(H,29,32)(H,33,34)(H,35,36). The molecule has 1 saturated heterocycles. The summed E-state index contributed by atoms with van der Waals surface area (Å²) in [5.41, 5.74) is 2.82. The molecule has 5 N–H and O–H groups in total. The highest BCUT2D eigenvalue weighted by Gasteiger charge is 2.36. The van der Waals surface area contributed by atoms with Gasteiger partial charge in [0.15, 0.2) is 0 Å². The Kier molecular flexibility index (Phi) is 10.1. The van der Waals surface area contributed by atoms with Crippen molar-refractivity contribution in [3.63, 3.8) is 0 Å². The van der Waals surface area contributed by atoms with Crippen LogP contribution in [-0.4, -0.2) is 90.9 Å². The molecule has 218 valence electrons. The van der Waals surface area contributed by atoms with Gasteiger partial charge in [0.2, 0.25) is 15.9 Å². The lowest BCUT2D eigenvalue weighted by Gasteiger charge is -2.21. The van der Waals surface area contributed by atoms with Crippen molar-refractivity contribution in [3.05, 3.63) is 52.7 Å². The third-order valence-corrected chi connectivity index (χ3v) is 8.25. The van der Waals surface area contributed by atoms with Crippen molar-refractivity contribution in [2.45, 2.75) is 57.2 Å². The van der Waals surface area contributed by atoms with E-state index in [0.29, 0.717) is 29.9 Å². The average molecular weight is 578 g/mol. The molecular formula is C26H35N5O8S. The first-order chi connectivity index (χ1) is 18.8. The first-order valence-electron chi connectivity index (χ1n) is 12.6. The highest BCUT2D eigenvalue weighted by atomic mass is 32.2. The number of carboxylic acid groups (broad SMARTS) is 2. The van der Waals surface area contributed by atoms with Crippen LogP contribution in [0.2, 0.25) is 0 Å². The predicted molar refractivity (Wildman–Crippen MR) is 146 cm³/mol. The summed E-state index contributed by atoms with van der Waals surface area (Å²) in [6.07, 6.45) is 0.317. The molecule has 3 atom stereocenters. The Morgan fingerprint density at radius 1 is 1.10 bits per heavy atom. The zero-order valence-electron chi connectivity index (χ0n) is 22.8. The van der Waals surface area contributed by atoms with E-state index >= 15 is 0 Å². The predicted octanol–water partition coefficient (Wildman–Crippen LogP) is 1.41. The number of carboxylic acids is 1. The number of ether oxygens (including phenoxy) is 1. The number of benzene rings is 1. The molecule has 1 aromatic carbocycles. The van der Waals surface area contributed by atoms with E-state index in [0.717, 1.165) is 11.1 Å². The Balaban J connectivity index is 1.53. The second kappa shape index (κ2) is 13.1. The maximum Gasteiger partial charge on any atom is 0.407 e. The van der Waals surface area contributed by atoms with Crippen LogP contribution in [0.3, 0.4) is 0 Å². The normalized spacial score (nSPS) is 17.9. The molecule has 2 heterocycles. The van der Waals surface area contributed by atoms with E-state index in [1.165, 1.54) is 4.90 Å². The Bertz CT molecular complexity index is 1340. The highest BCUT2D eigenvalue weighted by Crippen LogP contribution is 2.23. The number of amides is 2. The zero-order valence-corrected chi connectivity index (χ0v) is 23.6. The minimum Gasteiger partial charge on any atom is -0.480 e. The fraction of sp³-hybridized carbons (Fsp3) is 0.462. The van der Waals surface area contributed by atoms with E-state index in [1.54, 1.807) is 32.2 Å². The van der Waals surface area contributed by atoms with Crippen molar-refractivity contribution in [2.75, 3.05) is 31.6 Å². The summed E-state index contributed by atoms with van der Waals surface area (Å²) in [7, 11) is -4.19. The number of sulfonamides is 1. The number of aromatic nitrogens is 1. The molecule has 1 fully saturated rings. The number of carbonyl (C=O) groups is 3. The molecule has 0 spiro atoms. The zero-order chi connectivity index (χ0) is 29.6. The number of pyridine rings is 1. The lowest BCUT2D eigenvalue weighted by molar-refractivity contribution is -0.139. The minimum absolute atomic E-state index is 0.00884. The van der Waals surface area contributed by atoms with Crippen molar-refractivity contribution in [1.29, 1.82) is 0 Å². The number of nitrogens with zero attached hydrogens (tertiary/aromatic N) is 2. The first kappa shape index (κ1) is 30.8. The van der Waals surface area contributed by atoms with E-state index in [4.69, 9.17) is 4.74 Å². The molecule has 13 nitrogen and oxygen atoms in total. The topological polar surface area (TPSA) is 187 Å². The number of carbonyl (C=O) groups excluding carboxylic acids is 1. The summed E-state index contributed by atoms with van der Waals surface area (Å²) in [5, 5.41) is 24.6. The number of hydrogen-bond donors (Lipinski definition) is 5. The number of rotatable bonds is 12. The highest BCUT2D eigenvalue weighted by molar-refractivity contribution is 7.89. The number of aliphatic carboxylic acids is 1. The van der Waals surface area contributed by atoms with Crippen LogP contribution in [-0.2, 0) is 24.3 Å². The Hall–Kier alpha value is -3.75. The molecule has 0 radical (unpaired) electrons. The van der Waals surface area contributed by atoms with Crippen LogP contribution in [0.4, 0.5) is 10.6 Å². The maximum atomic E-state index is 12.9. The van der Waals surface area contributed by atoms with Crippen LogP contribution in [0.1, 0.15) is 28.7 Å². The fourth-order valence-electron chi connectivity index (χ4n) is 4.75. The summed E-state index contributed by atoms with van der Waals surface area (Å²) >= 11 is 0. The van der Waals surface area contributed by atoms with Gasteiger partial charge in [-0.15, -0.1) is 0 Å². The van der Waals surface area contributed by atoms with E-state index in [9.17, 15) is 33.0 Å². The maximum absolute atomic E-state index is 12.9. The number of likely N-dealkylation sites (tertiary alicyclic amines) is 1. The summed E-state index contributed by atoms with van der Waals surface area (Å²) in [4.78, 5) is 41.3. The average Bonchev–Trinajstić information content (AvgIpc) is 3.26. The number of nitrogens with one attached hydrogen (secondary N) is 3. The van der Waals surface area contributed by atoms with Crippen LogP contribution < -0.4 is 15.4 Å². The van der Waals surface area contributed by atoms with Crippen LogP contribution >= 0.6 is 0 Å². The van der Waals surface area contributed by atoms with Gasteiger partial charge in [0.1, 0.15) is 18.5 Å². The molecule has 0 saturated carbocycles. The second-order valence-corrected chi connectivity index (χ2v) is 11.6. The van der Waals surface area contributed by atoms with Gasteiger partial charge in [0, 0.05) is 19.3 Å². The minimum atomic E-state index is -4.19. The third kappa shape index (κ3) is 8.13. The van der Waals surface area contributed by atoms with Gasteiger partial charge in [0.05, 0.1) is 23.6 Å². The van der Waals surface area contributed by atoms with Gasteiger partial charge in [-0.2, -0.15) is 4.72 Å². The number of anilines is 1. The van der Waals surface area contributed by atoms with Crippen molar-refractivity contribution >= 4 is 33.8 Å². The van der Waals surface area contributed by atoms with Crippen molar-refractivity contribution in [1.82, 2.24) is 19.9 Å². The van der Waals surface area contributed by atoms with E-state index in [2.05, 4.69) is 20.3 Å². The van der Waals surface area contributed by atoms with E-state index in [-0.39, 0.29) is 11.4 Å². The molecule has 1 aliphatic heterocycles. The number of aryl methyl sites for hydroxylation is 4. The molecule has 3 unspecified atom stereocenters. The molecule has 14 heteroatoms. The SMILES string of the molecule is Cc1ccnc(NCC2CC(OCC(=O)NCC(NS(=O)(=O)c3c(C)cc(C)cc3C)C(=O)O)CN2C(=O)O)c1. The summed E-state index contributed by atoms with van der Waals surface area (Å²) in [6, 6.07) is 5.03. The fourth-order valence-corrected chi connectivity index (χ4v) is 6.40. The smallest absolute Gasteiger partial charge is 0.407 e. The first-order valence-corrected chi connectivity index (χ1v) is 14.1.